The number of allylic oxidation sites excluding steroid dienone is 1. The molecule has 1 unspecified atom stereocenters. The largest absolute Gasteiger partial charge is 0.327 e. The Morgan fingerprint density at radius 1 is 1.22 bits per heavy atom. The lowest BCUT2D eigenvalue weighted by Gasteiger charge is -2.38. The van der Waals surface area contributed by atoms with Gasteiger partial charge in [-0.15, -0.1) is 6.58 Å². The fourth-order valence-corrected chi connectivity index (χ4v) is 2.93. The van der Waals surface area contributed by atoms with Crippen LogP contribution in [0.4, 0.5) is 0 Å². The molecule has 1 nitrogen and oxygen atoms in total. The van der Waals surface area contributed by atoms with Crippen LogP contribution in [0, 0.1) is 0 Å². The summed E-state index contributed by atoms with van der Waals surface area (Å²) in [5.41, 5.74) is 8.03. The summed E-state index contributed by atoms with van der Waals surface area (Å²) in [5, 5.41) is 0. The van der Waals surface area contributed by atoms with Crippen LogP contribution < -0.4 is 5.73 Å². The highest BCUT2D eigenvalue weighted by atomic mass is 14.7. The van der Waals surface area contributed by atoms with Gasteiger partial charge in [0.1, 0.15) is 0 Å². The maximum absolute atomic E-state index is 6.51. The average Bonchev–Trinajstić information content (AvgIpc) is 2.42. The minimum Gasteiger partial charge on any atom is -0.327 e. The average molecular weight is 245 g/mol. The number of hydrogen-bond acceptors (Lipinski definition) is 1. The summed E-state index contributed by atoms with van der Waals surface area (Å²) in [6.07, 6.45) is 7.45. The van der Waals surface area contributed by atoms with Crippen LogP contribution in [0.25, 0.3) is 0 Å². The predicted octanol–water partition coefficient (Wildman–Crippen LogP) is 4.43. The molecule has 1 aromatic rings. The Labute approximate surface area is 112 Å². The quantitative estimate of drug-likeness (QED) is 0.532. The minimum atomic E-state index is 0.127. The topological polar surface area (TPSA) is 26.0 Å². The van der Waals surface area contributed by atoms with E-state index in [0.717, 1.165) is 32.1 Å². The Hall–Kier alpha value is -1.08. The molecule has 1 atom stereocenters. The second-order valence-electron chi connectivity index (χ2n) is 5.06. The second kappa shape index (κ2) is 7.38. The summed E-state index contributed by atoms with van der Waals surface area (Å²) >= 11 is 0. The van der Waals surface area contributed by atoms with Gasteiger partial charge in [0.25, 0.3) is 0 Å². The van der Waals surface area contributed by atoms with E-state index < -0.39 is 0 Å². The van der Waals surface area contributed by atoms with Crippen molar-refractivity contribution >= 4 is 0 Å². The van der Waals surface area contributed by atoms with Gasteiger partial charge in [-0.2, -0.15) is 0 Å². The molecule has 100 valence electrons. The molecule has 0 fully saturated rings. The van der Waals surface area contributed by atoms with Crippen LogP contribution in [0.5, 0.6) is 0 Å². The molecule has 0 heterocycles. The fourth-order valence-electron chi connectivity index (χ4n) is 2.93. The first kappa shape index (κ1) is 15.0. The van der Waals surface area contributed by atoms with Crippen LogP contribution in [0.3, 0.4) is 0 Å². The van der Waals surface area contributed by atoms with E-state index >= 15 is 0 Å². The second-order valence-corrected chi connectivity index (χ2v) is 5.06. The Bertz CT molecular complexity index is 338. The van der Waals surface area contributed by atoms with Gasteiger partial charge < -0.3 is 5.73 Å². The van der Waals surface area contributed by atoms with Crippen LogP contribution >= 0.6 is 0 Å². The fraction of sp³-hybridized carbons (Fsp3) is 0.529. The van der Waals surface area contributed by atoms with Crippen molar-refractivity contribution in [3.63, 3.8) is 0 Å². The van der Waals surface area contributed by atoms with Crippen molar-refractivity contribution in [1.29, 1.82) is 0 Å². The van der Waals surface area contributed by atoms with Crippen molar-refractivity contribution in [2.45, 2.75) is 57.4 Å². The Morgan fingerprint density at radius 3 is 2.33 bits per heavy atom. The molecule has 0 spiro atoms. The molecule has 0 aliphatic rings. The number of rotatable bonds is 8. The van der Waals surface area contributed by atoms with Gasteiger partial charge in [0.15, 0.2) is 0 Å². The van der Waals surface area contributed by atoms with E-state index in [-0.39, 0.29) is 11.5 Å². The van der Waals surface area contributed by atoms with E-state index in [9.17, 15) is 0 Å². The van der Waals surface area contributed by atoms with Crippen LogP contribution in [-0.4, -0.2) is 6.04 Å². The van der Waals surface area contributed by atoms with Gasteiger partial charge >= 0.3 is 0 Å². The highest BCUT2D eigenvalue weighted by Gasteiger charge is 2.34. The Kier molecular flexibility index (Phi) is 6.14. The van der Waals surface area contributed by atoms with E-state index in [2.05, 4.69) is 50.8 Å². The van der Waals surface area contributed by atoms with Crippen molar-refractivity contribution in [3.05, 3.63) is 48.6 Å². The number of nitrogens with two attached hydrogens (primary N) is 1. The van der Waals surface area contributed by atoms with Gasteiger partial charge in [0, 0.05) is 11.5 Å². The van der Waals surface area contributed by atoms with Crippen LogP contribution in [0.1, 0.15) is 51.5 Å². The molecular formula is C17H27N. The van der Waals surface area contributed by atoms with Gasteiger partial charge in [-0.1, -0.05) is 50.3 Å². The highest BCUT2D eigenvalue weighted by Crippen LogP contribution is 2.36. The third kappa shape index (κ3) is 3.23. The molecule has 1 rings (SSSR count). The maximum atomic E-state index is 6.51. The summed E-state index contributed by atoms with van der Waals surface area (Å²) in [5.74, 6) is 0. The summed E-state index contributed by atoms with van der Waals surface area (Å²) in [6, 6.07) is 11.0. The van der Waals surface area contributed by atoms with Crippen LogP contribution in [0.15, 0.2) is 43.0 Å². The molecule has 0 aliphatic carbocycles. The van der Waals surface area contributed by atoms with E-state index in [1.54, 1.807) is 0 Å². The van der Waals surface area contributed by atoms with Gasteiger partial charge in [-0.05, 0) is 37.7 Å². The van der Waals surface area contributed by atoms with Gasteiger partial charge in [-0.25, -0.2) is 0 Å². The lowest BCUT2D eigenvalue weighted by atomic mass is 9.69. The first-order chi connectivity index (χ1) is 8.71. The van der Waals surface area contributed by atoms with Crippen LogP contribution in [0.2, 0.25) is 0 Å². The molecule has 0 saturated carbocycles. The smallest absolute Gasteiger partial charge is 0.0136 e. The van der Waals surface area contributed by atoms with E-state index in [1.807, 2.05) is 6.08 Å². The summed E-state index contributed by atoms with van der Waals surface area (Å²) in [6.45, 7) is 8.29. The normalized spacial score (nSPS) is 13.3. The standard InChI is InChI=1S/C17H27N/c1-4-7-9-14-16(18)17(5-2,6-3)15-12-10-8-11-13-15/h4,8,10-13,16H,1,5-7,9,14,18H2,2-3H3. The van der Waals surface area contributed by atoms with E-state index in [1.165, 1.54) is 5.56 Å². The summed E-state index contributed by atoms with van der Waals surface area (Å²) in [4.78, 5) is 0. The molecule has 0 aromatic heterocycles. The number of benzene rings is 1. The zero-order valence-corrected chi connectivity index (χ0v) is 11.9. The monoisotopic (exact) mass is 245 g/mol. The first-order valence-corrected chi connectivity index (χ1v) is 7.13. The highest BCUT2D eigenvalue weighted by molar-refractivity contribution is 5.27. The predicted molar refractivity (Wildman–Crippen MR) is 80.7 cm³/mol. The van der Waals surface area contributed by atoms with E-state index in [0.29, 0.717) is 0 Å². The molecule has 1 heteroatoms. The molecule has 0 saturated heterocycles. The molecular weight excluding hydrogens is 218 g/mol. The van der Waals surface area contributed by atoms with Crippen LogP contribution in [-0.2, 0) is 5.41 Å². The third-order valence-electron chi connectivity index (χ3n) is 4.24. The summed E-state index contributed by atoms with van der Waals surface area (Å²) < 4.78 is 0. The molecule has 0 aliphatic heterocycles. The zero-order chi connectivity index (χ0) is 13.4. The Morgan fingerprint density at radius 2 is 1.83 bits per heavy atom. The van der Waals surface area contributed by atoms with Gasteiger partial charge in [-0.3, -0.25) is 0 Å². The van der Waals surface area contributed by atoms with Gasteiger partial charge in [0.05, 0.1) is 0 Å². The molecule has 0 bridgehead atoms. The van der Waals surface area contributed by atoms with Crippen molar-refractivity contribution < 1.29 is 0 Å². The zero-order valence-electron chi connectivity index (χ0n) is 11.9. The molecule has 1 aromatic carbocycles. The number of unbranched alkanes of at least 4 members (excludes halogenated alkanes) is 1. The van der Waals surface area contributed by atoms with E-state index in [4.69, 9.17) is 5.73 Å². The SMILES string of the molecule is C=CCCCC(N)C(CC)(CC)c1ccccc1. The lowest BCUT2D eigenvalue weighted by Crippen LogP contribution is -2.44. The molecule has 2 N–H and O–H groups in total. The maximum Gasteiger partial charge on any atom is 0.0136 e. The first-order valence-electron chi connectivity index (χ1n) is 7.13. The van der Waals surface area contributed by atoms with Crippen molar-refractivity contribution in [3.8, 4) is 0 Å². The minimum absolute atomic E-state index is 0.127. The summed E-state index contributed by atoms with van der Waals surface area (Å²) in [7, 11) is 0. The third-order valence-corrected chi connectivity index (χ3v) is 4.24. The molecule has 0 radical (unpaired) electrons. The lowest BCUT2D eigenvalue weighted by molar-refractivity contribution is 0.300. The molecule has 18 heavy (non-hydrogen) atoms. The van der Waals surface area contributed by atoms with Crippen molar-refractivity contribution in [2.75, 3.05) is 0 Å². The van der Waals surface area contributed by atoms with Crippen molar-refractivity contribution in [1.82, 2.24) is 0 Å². The number of hydrogen-bond donors (Lipinski definition) is 1. The molecule has 0 amide bonds. The van der Waals surface area contributed by atoms with Gasteiger partial charge in [0.2, 0.25) is 0 Å². The Balaban J connectivity index is 2.89. The van der Waals surface area contributed by atoms with Crippen molar-refractivity contribution in [2.24, 2.45) is 5.73 Å².